The van der Waals surface area contributed by atoms with Gasteiger partial charge in [-0.2, -0.15) is 21.6 Å². The summed E-state index contributed by atoms with van der Waals surface area (Å²) in [6, 6.07) is 7.49. The van der Waals surface area contributed by atoms with E-state index in [0.29, 0.717) is 0 Å². The minimum atomic E-state index is -4.50. The van der Waals surface area contributed by atoms with Crippen LogP contribution in [0, 0.1) is 0 Å². The lowest BCUT2D eigenvalue weighted by molar-refractivity contribution is -0.205. The van der Waals surface area contributed by atoms with E-state index in [1.54, 1.807) is 18.2 Å². The van der Waals surface area contributed by atoms with Gasteiger partial charge in [-0.05, 0) is 29.3 Å². The first-order chi connectivity index (χ1) is 10.3. The highest BCUT2D eigenvalue weighted by atomic mass is 32.2. The minimum Gasteiger partial charge on any atom is -0.178 e. The van der Waals surface area contributed by atoms with Crippen LogP contribution >= 0.6 is 0 Å². The lowest BCUT2D eigenvalue weighted by atomic mass is 10.0. The first kappa shape index (κ1) is 14.7. The zero-order valence-corrected chi connectivity index (χ0v) is 11.9. The van der Waals surface area contributed by atoms with Crippen molar-refractivity contribution < 1.29 is 25.6 Å². The molecule has 3 rings (SSSR count). The van der Waals surface area contributed by atoms with Crippen LogP contribution in [-0.2, 0) is 10.0 Å². The number of benzene rings is 1. The van der Waals surface area contributed by atoms with Gasteiger partial charge in [0.05, 0.1) is 0 Å². The average Bonchev–Trinajstić information content (AvgIpc) is 2.91. The van der Waals surface area contributed by atoms with Gasteiger partial charge in [-0.3, -0.25) is 0 Å². The molecule has 0 saturated carbocycles. The Hall–Kier alpha value is -2.22. The molecule has 0 radical (unpaired) electrons. The smallest absolute Gasteiger partial charge is 0.178 e. The molecule has 114 valence electrons. The molecule has 2 aliphatic rings. The minimum absolute atomic E-state index is 0.0114. The Morgan fingerprint density at radius 2 is 1.82 bits per heavy atom. The van der Waals surface area contributed by atoms with E-state index < -0.39 is 21.8 Å². The Morgan fingerprint density at radius 3 is 2.45 bits per heavy atom. The van der Waals surface area contributed by atoms with Gasteiger partial charge in [0.1, 0.15) is 4.90 Å². The first-order valence-corrected chi connectivity index (χ1v) is 7.73. The largest absolute Gasteiger partial charge is 0.413 e. The topological polar surface area (TPSA) is 49.5 Å². The molecule has 0 unspecified atom stereocenters. The Kier molecular flexibility index (Phi) is 3.28. The van der Waals surface area contributed by atoms with E-state index in [2.05, 4.69) is 4.99 Å². The van der Waals surface area contributed by atoms with Crippen molar-refractivity contribution in [3.63, 3.8) is 0 Å². The van der Waals surface area contributed by atoms with Gasteiger partial charge < -0.3 is 0 Å². The van der Waals surface area contributed by atoms with Gasteiger partial charge in [0.2, 0.25) is 5.70 Å². The van der Waals surface area contributed by atoms with Crippen molar-refractivity contribution in [3.8, 4) is 0 Å². The lowest BCUT2D eigenvalue weighted by Crippen LogP contribution is -2.26. The molecule has 22 heavy (non-hydrogen) atoms. The van der Waals surface area contributed by atoms with Gasteiger partial charge in [0, 0.05) is 12.0 Å². The number of hydrogen-bond acceptors (Lipinski definition) is 3. The number of rotatable bonds is 2. The maximum atomic E-state index is 12.8. The molecule has 1 heterocycles. The maximum absolute atomic E-state index is 12.8. The molecule has 1 aromatic carbocycles. The van der Waals surface area contributed by atoms with E-state index in [0.717, 1.165) is 16.4 Å². The molecule has 0 N–H and O–H groups in total. The van der Waals surface area contributed by atoms with E-state index >= 15 is 0 Å². The van der Waals surface area contributed by atoms with Gasteiger partial charge in [-0.25, -0.2) is 0 Å². The highest BCUT2D eigenvalue weighted by Gasteiger charge is 2.40. The summed E-state index contributed by atoms with van der Waals surface area (Å²) in [5, 5.41) is 0. The van der Waals surface area contributed by atoms with E-state index in [4.69, 9.17) is 0 Å². The van der Waals surface area contributed by atoms with E-state index in [1.165, 1.54) is 18.2 Å². The van der Waals surface area contributed by atoms with Gasteiger partial charge in [-0.1, -0.05) is 18.2 Å². The average molecular weight is 327 g/mol. The third kappa shape index (κ3) is 2.39. The zero-order valence-electron chi connectivity index (χ0n) is 11.1. The van der Waals surface area contributed by atoms with Crippen molar-refractivity contribution in [3.05, 3.63) is 53.8 Å². The summed E-state index contributed by atoms with van der Waals surface area (Å²) in [6.45, 7) is 0. The molecular weight excluding hydrogens is 317 g/mol. The van der Waals surface area contributed by atoms with Crippen LogP contribution in [0.2, 0.25) is 0 Å². The van der Waals surface area contributed by atoms with Gasteiger partial charge >= 0.3 is 22.5 Å². The highest BCUT2D eigenvalue weighted by molar-refractivity contribution is 7.85. The lowest BCUT2D eigenvalue weighted by Gasteiger charge is -2.12. The third-order valence-electron chi connectivity index (χ3n) is 3.29. The van der Waals surface area contributed by atoms with Crippen molar-refractivity contribution in [1.82, 2.24) is 0 Å². The molecule has 0 amide bonds. The Morgan fingerprint density at radius 1 is 1.14 bits per heavy atom. The Labute approximate surface area is 124 Å². The van der Waals surface area contributed by atoms with Crippen molar-refractivity contribution in [1.29, 1.82) is 0 Å². The fraction of sp³-hybridized carbons (Fsp3) is 0.143. The second-order valence-corrected chi connectivity index (χ2v) is 6.52. The number of nitrogens with zero attached hydrogens (tertiary/aromatic N) is 2. The molecule has 0 spiro atoms. The molecule has 1 aromatic rings. The van der Waals surface area contributed by atoms with Crippen molar-refractivity contribution in [2.75, 3.05) is 0 Å². The summed E-state index contributed by atoms with van der Waals surface area (Å²) in [5.74, 6) is 0. The number of aliphatic imine (C=N–C) groups is 1. The normalized spacial score (nSPS) is 18.1. The van der Waals surface area contributed by atoms with Crippen LogP contribution in [-0.4, -0.2) is 30.6 Å². The molecule has 0 bridgehead atoms. The standard InChI is InChI=1S/C14H10F3N2O2S/c15-14(16,17)10-6-7-12-13(8-10)19(9-18-12)22(20,21)11-4-2-1-3-5-11/h1-5,7-9H,6H2/q+1. The summed E-state index contributed by atoms with van der Waals surface area (Å²) < 4.78 is 64.3. The number of sulfonamides is 1. The molecule has 0 atom stereocenters. The van der Waals surface area contributed by atoms with E-state index in [9.17, 15) is 21.6 Å². The molecule has 8 heteroatoms. The summed E-state index contributed by atoms with van der Waals surface area (Å²) in [7, 11) is -3.98. The monoisotopic (exact) mass is 327 g/mol. The first-order valence-electron chi connectivity index (χ1n) is 6.29. The van der Waals surface area contributed by atoms with E-state index in [-0.39, 0.29) is 22.7 Å². The quantitative estimate of drug-likeness (QED) is 0.784. The third-order valence-corrected chi connectivity index (χ3v) is 4.97. The molecule has 1 aliphatic heterocycles. The fourth-order valence-corrected chi connectivity index (χ4v) is 3.48. The fourth-order valence-electron chi connectivity index (χ4n) is 2.18. The zero-order chi connectivity index (χ0) is 16.0. The van der Waals surface area contributed by atoms with Crippen LogP contribution < -0.4 is 0 Å². The molecular formula is C14H10F3N2O2S+. The summed E-state index contributed by atoms with van der Waals surface area (Å²) >= 11 is 0. The van der Waals surface area contributed by atoms with Gasteiger partial charge in [-0.15, -0.1) is 3.98 Å². The molecule has 4 nitrogen and oxygen atoms in total. The summed E-state index contributed by atoms with van der Waals surface area (Å²) in [6.07, 6.45) is -1.68. The summed E-state index contributed by atoms with van der Waals surface area (Å²) in [4.78, 5) is 3.87. The Balaban J connectivity index is 2.15. The second-order valence-electron chi connectivity index (χ2n) is 4.70. The van der Waals surface area contributed by atoms with Crippen LogP contribution in [0.4, 0.5) is 13.2 Å². The van der Waals surface area contributed by atoms with Crippen LogP contribution in [0.3, 0.4) is 0 Å². The predicted molar refractivity (Wildman–Crippen MR) is 74.2 cm³/mol. The van der Waals surface area contributed by atoms with Crippen LogP contribution in [0.15, 0.2) is 63.6 Å². The van der Waals surface area contributed by atoms with Gasteiger partial charge in [0.15, 0.2) is 5.71 Å². The number of alkyl halides is 3. The van der Waals surface area contributed by atoms with Crippen LogP contribution in [0.5, 0.6) is 0 Å². The van der Waals surface area contributed by atoms with Crippen molar-refractivity contribution >= 4 is 22.1 Å². The molecule has 0 saturated heterocycles. The number of halogens is 3. The van der Waals surface area contributed by atoms with Crippen LogP contribution in [0.1, 0.15) is 6.42 Å². The Bertz CT molecular complexity index is 848. The molecule has 0 fully saturated rings. The summed E-state index contributed by atoms with van der Waals surface area (Å²) in [5.41, 5.74) is -0.653. The molecule has 0 aromatic heterocycles. The van der Waals surface area contributed by atoms with Crippen molar-refractivity contribution in [2.45, 2.75) is 17.5 Å². The highest BCUT2D eigenvalue weighted by Crippen LogP contribution is 2.33. The second kappa shape index (κ2) is 4.91. The predicted octanol–water partition coefficient (Wildman–Crippen LogP) is 2.65. The maximum Gasteiger partial charge on any atom is 0.413 e. The van der Waals surface area contributed by atoms with Gasteiger partial charge in [0.25, 0.3) is 0 Å². The number of hydrogen-bond donors (Lipinski definition) is 0. The van der Waals surface area contributed by atoms with Crippen molar-refractivity contribution in [2.24, 2.45) is 4.99 Å². The number of allylic oxidation sites excluding steroid dienone is 3. The SMILES string of the molecule is O=S(=O)(c1ccccc1)[N+]1=C2C=C(C(F)(F)F)CC=C2N=C1. The number of fused-ring (bicyclic) bond motifs is 1. The van der Waals surface area contributed by atoms with E-state index in [1.807, 2.05) is 0 Å². The molecule has 1 aliphatic carbocycles. The van der Waals surface area contributed by atoms with Crippen LogP contribution in [0.25, 0.3) is 0 Å².